The fourth-order valence-electron chi connectivity index (χ4n) is 3.44. The van der Waals surface area contributed by atoms with Gasteiger partial charge in [0.25, 0.3) is 5.91 Å². The van der Waals surface area contributed by atoms with Crippen molar-refractivity contribution in [2.24, 2.45) is 0 Å². The van der Waals surface area contributed by atoms with E-state index in [4.69, 9.17) is 27.6 Å². The van der Waals surface area contributed by atoms with Crippen molar-refractivity contribution in [3.8, 4) is 11.3 Å². The highest BCUT2D eigenvalue weighted by Gasteiger charge is 2.29. The highest BCUT2D eigenvalue weighted by Crippen LogP contribution is 2.29. The van der Waals surface area contributed by atoms with Gasteiger partial charge in [0.15, 0.2) is 5.89 Å². The summed E-state index contributed by atoms with van der Waals surface area (Å²) in [5, 5.41) is 1.13. The number of hydrogen-bond donors (Lipinski definition) is 0. The maximum absolute atomic E-state index is 14.2. The molecule has 1 aromatic heterocycles. The summed E-state index contributed by atoms with van der Waals surface area (Å²) < 4.78 is 19.8. The summed E-state index contributed by atoms with van der Waals surface area (Å²) in [4.78, 5) is 21.1. The number of hydrogen-bond acceptors (Lipinski definition) is 4. The summed E-state index contributed by atoms with van der Waals surface area (Å²) in [6.45, 7) is 3.84. The molecule has 1 aliphatic heterocycles. The van der Waals surface area contributed by atoms with Crippen LogP contribution in [0, 0.1) is 12.7 Å². The summed E-state index contributed by atoms with van der Waals surface area (Å²) in [6, 6.07) is 11.6. The van der Waals surface area contributed by atoms with Gasteiger partial charge in [0.05, 0.1) is 0 Å². The normalized spacial score (nSPS) is 14.3. The van der Waals surface area contributed by atoms with Gasteiger partial charge >= 0.3 is 0 Å². The van der Waals surface area contributed by atoms with E-state index in [-0.39, 0.29) is 22.9 Å². The number of nitrogens with zero attached hydrogens (tertiary/aromatic N) is 3. The van der Waals surface area contributed by atoms with Crippen LogP contribution >= 0.6 is 23.2 Å². The van der Waals surface area contributed by atoms with Gasteiger partial charge in [-0.05, 0) is 30.3 Å². The molecule has 0 aliphatic carbocycles. The molecule has 0 bridgehead atoms. The van der Waals surface area contributed by atoms with Crippen LogP contribution in [0.15, 0.2) is 46.9 Å². The van der Waals surface area contributed by atoms with Gasteiger partial charge in [0.2, 0.25) is 5.76 Å². The van der Waals surface area contributed by atoms with Crippen LogP contribution < -0.4 is 4.90 Å². The van der Waals surface area contributed by atoms with Gasteiger partial charge < -0.3 is 14.2 Å². The number of halogens is 3. The minimum atomic E-state index is -0.447. The third-order valence-electron chi connectivity index (χ3n) is 4.84. The Morgan fingerprint density at radius 1 is 1.07 bits per heavy atom. The van der Waals surface area contributed by atoms with Gasteiger partial charge in [0, 0.05) is 54.4 Å². The predicted octanol–water partition coefficient (Wildman–Crippen LogP) is 5.06. The molecule has 4 rings (SSSR count). The third kappa shape index (κ3) is 4.09. The maximum Gasteiger partial charge on any atom is 0.292 e. The molecule has 0 atom stereocenters. The van der Waals surface area contributed by atoms with Gasteiger partial charge in [-0.25, -0.2) is 9.37 Å². The van der Waals surface area contributed by atoms with Gasteiger partial charge in [0.1, 0.15) is 11.5 Å². The number of benzene rings is 2. The first kappa shape index (κ1) is 19.7. The van der Waals surface area contributed by atoms with Crippen molar-refractivity contribution < 1.29 is 13.6 Å². The Kier molecular flexibility index (Phi) is 5.48. The lowest BCUT2D eigenvalue weighted by molar-refractivity contribution is 0.0714. The lowest BCUT2D eigenvalue weighted by Gasteiger charge is -2.36. The van der Waals surface area contributed by atoms with Crippen LogP contribution in [-0.4, -0.2) is 42.0 Å². The molecule has 2 heterocycles. The molecular formula is C21H18Cl2FN3O2. The number of piperazine rings is 1. The van der Waals surface area contributed by atoms with Crippen molar-refractivity contribution in [1.29, 1.82) is 0 Å². The first-order valence-corrected chi connectivity index (χ1v) is 9.90. The third-order valence-corrected chi connectivity index (χ3v) is 5.27. The quantitative estimate of drug-likeness (QED) is 0.579. The molecule has 1 aliphatic rings. The molecule has 1 saturated heterocycles. The lowest BCUT2D eigenvalue weighted by Crippen LogP contribution is -2.48. The molecule has 2 aromatic carbocycles. The smallest absolute Gasteiger partial charge is 0.292 e. The van der Waals surface area contributed by atoms with E-state index in [0.29, 0.717) is 42.1 Å². The topological polar surface area (TPSA) is 49.6 Å². The van der Waals surface area contributed by atoms with E-state index in [1.807, 2.05) is 12.1 Å². The summed E-state index contributed by atoms with van der Waals surface area (Å²) in [7, 11) is 0. The number of aryl methyl sites for hydroxylation is 1. The SMILES string of the molecule is Cc1nc(-c2ccccc2F)c(C(=O)N2CCN(c3cc(Cl)cc(Cl)c3)CC2)o1. The van der Waals surface area contributed by atoms with Gasteiger partial charge in [-0.15, -0.1) is 0 Å². The molecule has 0 unspecified atom stereocenters. The molecule has 0 spiro atoms. The molecule has 1 amide bonds. The van der Waals surface area contributed by atoms with Gasteiger partial charge in [-0.2, -0.15) is 0 Å². The first-order valence-electron chi connectivity index (χ1n) is 9.15. The number of anilines is 1. The molecular weight excluding hydrogens is 416 g/mol. The molecule has 1 fully saturated rings. The summed E-state index contributed by atoms with van der Waals surface area (Å²) in [5.41, 5.74) is 1.40. The van der Waals surface area contributed by atoms with E-state index < -0.39 is 5.82 Å². The Bertz CT molecular complexity index is 1040. The molecule has 29 heavy (non-hydrogen) atoms. The number of oxazole rings is 1. The monoisotopic (exact) mass is 433 g/mol. The number of carbonyl (C=O) groups is 1. The fourth-order valence-corrected chi connectivity index (χ4v) is 3.96. The average Bonchev–Trinajstić information content (AvgIpc) is 3.08. The molecule has 0 N–H and O–H groups in total. The maximum atomic E-state index is 14.2. The zero-order valence-electron chi connectivity index (χ0n) is 15.7. The Hall–Kier alpha value is -2.57. The number of rotatable bonds is 3. The van der Waals surface area contributed by atoms with Crippen LogP contribution in [0.1, 0.15) is 16.4 Å². The molecule has 150 valence electrons. The minimum absolute atomic E-state index is 0.0619. The molecule has 3 aromatic rings. The standard InChI is InChI=1S/C21H18Cl2FN3O2/c1-13-25-19(17-4-2-3-5-18(17)24)20(29-13)21(28)27-8-6-26(7-9-27)16-11-14(22)10-15(23)12-16/h2-5,10-12H,6-9H2,1H3. The van der Waals surface area contributed by atoms with Crippen molar-refractivity contribution in [1.82, 2.24) is 9.88 Å². The molecule has 0 saturated carbocycles. The average molecular weight is 434 g/mol. The highest BCUT2D eigenvalue weighted by atomic mass is 35.5. The number of carbonyl (C=O) groups excluding carboxylic acids is 1. The molecule has 5 nitrogen and oxygen atoms in total. The van der Waals surface area contributed by atoms with Crippen molar-refractivity contribution in [2.45, 2.75) is 6.92 Å². The van der Waals surface area contributed by atoms with E-state index in [2.05, 4.69) is 9.88 Å². The largest absolute Gasteiger partial charge is 0.435 e. The first-order chi connectivity index (χ1) is 13.9. The summed E-state index contributed by atoms with van der Waals surface area (Å²) >= 11 is 12.2. The Labute approximate surface area is 177 Å². The van der Waals surface area contributed by atoms with Gasteiger partial charge in [-0.1, -0.05) is 35.3 Å². The zero-order chi connectivity index (χ0) is 20.5. The van der Waals surface area contributed by atoms with E-state index in [0.717, 1.165) is 5.69 Å². The predicted molar refractivity (Wildman–Crippen MR) is 111 cm³/mol. The van der Waals surface area contributed by atoms with Crippen molar-refractivity contribution >= 4 is 34.8 Å². The van der Waals surface area contributed by atoms with Crippen LogP contribution in [0.5, 0.6) is 0 Å². The van der Waals surface area contributed by atoms with E-state index in [1.54, 1.807) is 36.1 Å². The summed E-state index contributed by atoms with van der Waals surface area (Å²) in [6.07, 6.45) is 0. The van der Waals surface area contributed by atoms with Crippen molar-refractivity contribution in [2.75, 3.05) is 31.1 Å². The highest BCUT2D eigenvalue weighted by molar-refractivity contribution is 6.35. The number of aromatic nitrogens is 1. The van der Waals surface area contributed by atoms with Crippen LogP contribution in [0.2, 0.25) is 10.0 Å². The second kappa shape index (κ2) is 8.05. The van der Waals surface area contributed by atoms with Crippen LogP contribution in [0.3, 0.4) is 0 Å². The fraction of sp³-hybridized carbons (Fsp3) is 0.238. The lowest BCUT2D eigenvalue weighted by atomic mass is 10.1. The Morgan fingerprint density at radius 2 is 1.72 bits per heavy atom. The van der Waals surface area contributed by atoms with Crippen molar-refractivity contribution in [3.05, 3.63) is 70.0 Å². The van der Waals surface area contributed by atoms with E-state index in [1.165, 1.54) is 6.07 Å². The van der Waals surface area contributed by atoms with Crippen LogP contribution in [0.25, 0.3) is 11.3 Å². The molecule has 8 heteroatoms. The summed E-state index contributed by atoms with van der Waals surface area (Å²) in [5.74, 6) is -0.365. The van der Waals surface area contributed by atoms with Gasteiger partial charge in [-0.3, -0.25) is 4.79 Å². The van der Waals surface area contributed by atoms with Crippen LogP contribution in [0.4, 0.5) is 10.1 Å². The minimum Gasteiger partial charge on any atom is -0.435 e. The second-order valence-electron chi connectivity index (χ2n) is 6.80. The number of amides is 1. The van der Waals surface area contributed by atoms with Crippen LogP contribution in [-0.2, 0) is 0 Å². The van der Waals surface area contributed by atoms with Crippen molar-refractivity contribution in [3.63, 3.8) is 0 Å². The Morgan fingerprint density at radius 3 is 2.38 bits per heavy atom. The Balaban J connectivity index is 1.53. The molecule has 0 radical (unpaired) electrons. The zero-order valence-corrected chi connectivity index (χ0v) is 17.2. The van der Waals surface area contributed by atoms with E-state index in [9.17, 15) is 9.18 Å². The second-order valence-corrected chi connectivity index (χ2v) is 7.67. The van der Waals surface area contributed by atoms with E-state index >= 15 is 0 Å².